The number of nitrogens with one attached hydrogen (secondary N) is 1. The lowest BCUT2D eigenvalue weighted by molar-refractivity contribution is -0.129. The predicted octanol–water partition coefficient (Wildman–Crippen LogP) is 2.94. The van der Waals surface area contributed by atoms with Crippen molar-refractivity contribution in [3.8, 4) is 5.75 Å². The van der Waals surface area contributed by atoms with Crippen LogP contribution in [0.5, 0.6) is 5.75 Å². The third kappa shape index (κ3) is 5.46. The maximum atomic E-state index is 13.5. The molecular weight excluding hydrogens is 323 g/mol. The van der Waals surface area contributed by atoms with Crippen molar-refractivity contribution in [1.29, 1.82) is 0 Å². The molecular formula is C19H19FN2O3. The van der Waals surface area contributed by atoms with Crippen molar-refractivity contribution in [2.45, 2.75) is 0 Å². The zero-order valence-corrected chi connectivity index (χ0v) is 14.0. The van der Waals surface area contributed by atoms with Crippen molar-refractivity contribution < 1.29 is 18.7 Å². The molecule has 0 saturated heterocycles. The number of hydrogen-bond donors (Lipinski definition) is 1. The molecule has 0 radical (unpaired) electrons. The van der Waals surface area contributed by atoms with E-state index in [2.05, 4.69) is 5.32 Å². The minimum atomic E-state index is -0.525. The molecule has 0 atom stereocenters. The van der Waals surface area contributed by atoms with Crippen LogP contribution in [0.1, 0.15) is 5.56 Å². The molecule has 6 heteroatoms. The van der Waals surface area contributed by atoms with Crippen molar-refractivity contribution in [1.82, 2.24) is 4.90 Å². The van der Waals surface area contributed by atoms with E-state index in [1.54, 1.807) is 31.4 Å². The van der Waals surface area contributed by atoms with E-state index < -0.39 is 11.7 Å². The van der Waals surface area contributed by atoms with Crippen LogP contribution in [0.4, 0.5) is 10.1 Å². The highest BCUT2D eigenvalue weighted by Gasteiger charge is 2.12. The molecule has 0 spiro atoms. The normalized spacial score (nSPS) is 10.5. The summed E-state index contributed by atoms with van der Waals surface area (Å²) < 4.78 is 18.6. The molecule has 2 aromatic rings. The van der Waals surface area contributed by atoms with Gasteiger partial charge in [-0.05, 0) is 35.9 Å². The highest BCUT2D eigenvalue weighted by molar-refractivity contribution is 5.97. The summed E-state index contributed by atoms with van der Waals surface area (Å²) >= 11 is 0. The lowest BCUT2D eigenvalue weighted by atomic mass is 10.2. The number of hydrogen-bond acceptors (Lipinski definition) is 3. The van der Waals surface area contributed by atoms with Crippen LogP contribution < -0.4 is 10.1 Å². The van der Waals surface area contributed by atoms with Gasteiger partial charge in [0.1, 0.15) is 11.6 Å². The van der Waals surface area contributed by atoms with Crippen LogP contribution in [0.15, 0.2) is 54.6 Å². The van der Waals surface area contributed by atoms with E-state index in [4.69, 9.17) is 4.74 Å². The van der Waals surface area contributed by atoms with Crippen molar-refractivity contribution in [3.05, 3.63) is 66.0 Å². The Morgan fingerprint density at radius 1 is 1.20 bits per heavy atom. The van der Waals surface area contributed by atoms with Gasteiger partial charge in [0.05, 0.1) is 19.3 Å². The molecule has 2 aromatic carbocycles. The molecule has 2 amide bonds. The smallest absolute Gasteiger partial charge is 0.246 e. The molecule has 25 heavy (non-hydrogen) atoms. The molecule has 0 fully saturated rings. The van der Waals surface area contributed by atoms with Crippen LogP contribution in [-0.4, -0.2) is 37.4 Å². The van der Waals surface area contributed by atoms with E-state index >= 15 is 0 Å². The molecule has 0 aromatic heterocycles. The van der Waals surface area contributed by atoms with Crippen molar-refractivity contribution >= 4 is 23.6 Å². The fraction of sp³-hybridized carbons (Fsp3) is 0.158. The summed E-state index contributed by atoms with van der Waals surface area (Å²) in [4.78, 5) is 25.2. The molecule has 130 valence electrons. The van der Waals surface area contributed by atoms with Crippen molar-refractivity contribution in [2.75, 3.05) is 26.0 Å². The molecule has 5 nitrogen and oxygen atoms in total. The van der Waals surface area contributed by atoms with Crippen LogP contribution >= 0.6 is 0 Å². The molecule has 0 saturated carbocycles. The van der Waals surface area contributed by atoms with E-state index in [1.165, 1.54) is 36.2 Å². The lowest BCUT2D eigenvalue weighted by Crippen LogP contribution is -2.34. The van der Waals surface area contributed by atoms with E-state index in [0.717, 1.165) is 5.56 Å². The standard InChI is InChI=1S/C19H19FN2O3/c1-22(13-18(23)21-17-9-4-3-8-16(17)20)19(24)11-10-14-6-5-7-15(12-14)25-2/h3-12H,13H2,1-2H3,(H,21,23)/b11-10+. The average molecular weight is 342 g/mol. The summed E-state index contributed by atoms with van der Waals surface area (Å²) in [6, 6.07) is 13.1. The van der Waals surface area contributed by atoms with Gasteiger partial charge in [0.15, 0.2) is 0 Å². The molecule has 0 aliphatic carbocycles. The van der Waals surface area contributed by atoms with Gasteiger partial charge in [-0.15, -0.1) is 0 Å². The monoisotopic (exact) mass is 342 g/mol. The average Bonchev–Trinajstić information content (AvgIpc) is 2.61. The number of nitrogens with zero attached hydrogens (tertiary/aromatic N) is 1. The summed E-state index contributed by atoms with van der Waals surface area (Å²) in [5.41, 5.74) is 0.886. The van der Waals surface area contributed by atoms with Gasteiger partial charge < -0.3 is 15.0 Å². The zero-order chi connectivity index (χ0) is 18.2. The largest absolute Gasteiger partial charge is 0.497 e. The van der Waals surface area contributed by atoms with Gasteiger partial charge in [0.2, 0.25) is 11.8 Å². The Kier molecular flexibility index (Phi) is 6.28. The first-order valence-electron chi connectivity index (χ1n) is 7.61. The number of halogens is 1. The van der Waals surface area contributed by atoms with E-state index in [-0.39, 0.29) is 18.1 Å². The molecule has 0 aliphatic heterocycles. The van der Waals surface area contributed by atoms with Crippen LogP contribution in [-0.2, 0) is 9.59 Å². The predicted molar refractivity (Wildman–Crippen MR) is 94.7 cm³/mol. The number of benzene rings is 2. The molecule has 0 unspecified atom stereocenters. The summed E-state index contributed by atoms with van der Waals surface area (Å²) in [7, 11) is 3.06. The van der Waals surface area contributed by atoms with E-state index in [1.807, 2.05) is 12.1 Å². The van der Waals surface area contributed by atoms with Gasteiger partial charge in [0.25, 0.3) is 0 Å². The Balaban J connectivity index is 1.92. The summed E-state index contributed by atoms with van der Waals surface area (Å²) in [5.74, 6) is -0.655. The Bertz CT molecular complexity index is 790. The molecule has 0 bridgehead atoms. The van der Waals surface area contributed by atoms with Gasteiger partial charge in [-0.25, -0.2) is 4.39 Å². The van der Waals surface area contributed by atoms with Crippen LogP contribution in [0.25, 0.3) is 6.08 Å². The Labute approximate surface area is 145 Å². The van der Waals surface area contributed by atoms with Gasteiger partial charge in [0, 0.05) is 13.1 Å². The van der Waals surface area contributed by atoms with Crippen molar-refractivity contribution in [2.24, 2.45) is 0 Å². The SMILES string of the molecule is COc1cccc(/C=C/C(=O)N(C)CC(=O)Nc2ccccc2F)c1. The van der Waals surface area contributed by atoms with Crippen LogP contribution in [0.3, 0.4) is 0 Å². The topological polar surface area (TPSA) is 58.6 Å². The van der Waals surface area contributed by atoms with E-state index in [9.17, 15) is 14.0 Å². The van der Waals surface area contributed by atoms with Gasteiger partial charge in [-0.1, -0.05) is 24.3 Å². The number of anilines is 1. The number of amides is 2. The molecule has 2 rings (SSSR count). The fourth-order valence-corrected chi connectivity index (χ4v) is 2.09. The fourth-order valence-electron chi connectivity index (χ4n) is 2.09. The first kappa shape index (κ1) is 18.2. The number of rotatable bonds is 6. The summed E-state index contributed by atoms with van der Waals surface area (Å²) in [6.45, 7) is -0.185. The Hall–Kier alpha value is -3.15. The summed E-state index contributed by atoms with van der Waals surface area (Å²) in [5, 5.41) is 2.44. The number of methoxy groups -OCH3 is 1. The lowest BCUT2D eigenvalue weighted by Gasteiger charge is -2.15. The number of carbonyl (C=O) groups excluding carboxylic acids is 2. The van der Waals surface area contributed by atoms with Crippen LogP contribution in [0, 0.1) is 5.82 Å². The Morgan fingerprint density at radius 2 is 1.96 bits per heavy atom. The first-order chi connectivity index (χ1) is 12.0. The third-order valence-electron chi connectivity index (χ3n) is 3.42. The highest BCUT2D eigenvalue weighted by Crippen LogP contribution is 2.14. The second-order valence-corrected chi connectivity index (χ2v) is 5.33. The first-order valence-corrected chi connectivity index (χ1v) is 7.61. The van der Waals surface area contributed by atoms with E-state index in [0.29, 0.717) is 5.75 Å². The molecule has 0 aliphatic rings. The third-order valence-corrected chi connectivity index (χ3v) is 3.42. The number of likely N-dealkylation sites (N-methyl/N-ethyl adjacent to an activating group) is 1. The quantitative estimate of drug-likeness (QED) is 0.821. The number of ether oxygens (including phenoxy) is 1. The maximum absolute atomic E-state index is 13.5. The zero-order valence-electron chi connectivity index (χ0n) is 14.0. The molecule has 0 heterocycles. The van der Waals surface area contributed by atoms with Crippen molar-refractivity contribution in [3.63, 3.8) is 0 Å². The second kappa shape index (κ2) is 8.63. The number of para-hydroxylation sites is 1. The minimum Gasteiger partial charge on any atom is -0.497 e. The van der Waals surface area contributed by atoms with Gasteiger partial charge in [-0.3, -0.25) is 9.59 Å². The number of carbonyl (C=O) groups is 2. The Morgan fingerprint density at radius 3 is 2.68 bits per heavy atom. The van der Waals surface area contributed by atoms with Crippen LogP contribution in [0.2, 0.25) is 0 Å². The summed E-state index contributed by atoms with van der Waals surface area (Å²) in [6.07, 6.45) is 3.00. The second-order valence-electron chi connectivity index (χ2n) is 5.33. The molecule has 1 N–H and O–H groups in total. The maximum Gasteiger partial charge on any atom is 0.246 e. The highest BCUT2D eigenvalue weighted by atomic mass is 19.1. The van der Waals surface area contributed by atoms with Gasteiger partial charge in [-0.2, -0.15) is 0 Å². The minimum absolute atomic E-state index is 0.0836. The van der Waals surface area contributed by atoms with Gasteiger partial charge >= 0.3 is 0 Å².